The van der Waals surface area contributed by atoms with Crippen molar-refractivity contribution >= 4 is 38.6 Å². The van der Waals surface area contributed by atoms with Crippen LogP contribution in [0.3, 0.4) is 0 Å². The number of aryl methyl sites for hydroxylation is 1. The number of nitrogens with two attached hydrogens (primary N) is 1. The Morgan fingerprint density at radius 3 is 2.61 bits per heavy atom. The van der Waals surface area contributed by atoms with Crippen molar-refractivity contribution in [3.63, 3.8) is 0 Å². The summed E-state index contributed by atoms with van der Waals surface area (Å²) in [5.41, 5.74) is 10.7. The number of hydrogen-bond acceptors (Lipinski definition) is 9. The van der Waals surface area contributed by atoms with Crippen LogP contribution in [0.2, 0.25) is 0 Å². The Morgan fingerprint density at radius 1 is 1.22 bits per heavy atom. The van der Waals surface area contributed by atoms with Crippen LogP contribution >= 0.6 is 11.8 Å². The zero-order chi connectivity index (χ0) is 36.7. The molecule has 2 aromatic rings. The highest BCUT2D eigenvalue weighted by atomic mass is 32.2. The summed E-state index contributed by atoms with van der Waals surface area (Å²) in [6.45, 7) is 9.08. The number of piperazine rings is 1. The van der Waals surface area contributed by atoms with Crippen molar-refractivity contribution in [3.8, 4) is 6.07 Å². The van der Waals surface area contributed by atoms with E-state index in [0.717, 1.165) is 54.5 Å². The van der Waals surface area contributed by atoms with Gasteiger partial charge in [0.05, 0.1) is 12.7 Å². The van der Waals surface area contributed by atoms with E-state index in [0.29, 0.717) is 43.7 Å². The molecule has 5 N–H and O–H groups in total. The number of nitrogens with one attached hydrogen (secondary N) is 3. The van der Waals surface area contributed by atoms with E-state index in [1.165, 1.54) is 27.9 Å². The van der Waals surface area contributed by atoms with Crippen molar-refractivity contribution in [2.24, 2.45) is 10.7 Å². The minimum absolute atomic E-state index is 0.0621. The molecule has 3 atom stereocenters. The Kier molecular flexibility index (Phi) is 11.0. The molecule has 12 nitrogen and oxygen atoms in total. The van der Waals surface area contributed by atoms with Crippen LogP contribution in [0.1, 0.15) is 43.0 Å². The van der Waals surface area contributed by atoms with E-state index in [1.54, 1.807) is 13.1 Å². The third-order valence-electron chi connectivity index (χ3n) is 10.4. The first-order valence-corrected chi connectivity index (χ1v) is 20.0. The Labute approximate surface area is 302 Å². The zero-order valence-corrected chi connectivity index (χ0v) is 31.1. The molecule has 4 aliphatic rings. The summed E-state index contributed by atoms with van der Waals surface area (Å²) in [5, 5.41) is 20.8. The van der Waals surface area contributed by atoms with Gasteiger partial charge < -0.3 is 26.3 Å². The van der Waals surface area contributed by atoms with Gasteiger partial charge in [-0.05, 0) is 60.9 Å². The molecule has 2 unspecified atom stereocenters. The SMILES string of the molecule is CN=C1NC(NC2CCN(Cc3ccc4c(cc(C#N)n4C[C@H](C)N4CCN(S(C)(=O)=O)C(CN)C4)c3C)CC2)=C2C=C(CC(F)(F)F)SC2N1. The van der Waals surface area contributed by atoms with E-state index in [9.17, 15) is 26.9 Å². The molecule has 51 heavy (non-hydrogen) atoms. The molecule has 0 bridgehead atoms. The summed E-state index contributed by atoms with van der Waals surface area (Å²) in [6.07, 6.45) is -0.598. The number of thioether (sulfide) groups is 1. The molecule has 0 radical (unpaired) electrons. The Balaban J connectivity index is 1.10. The summed E-state index contributed by atoms with van der Waals surface area (Å²) >= 11 is 1.18. The van der Waals surface area contributed by atoms with Crippen molar-refractivity contribution in [3.05, 3.63) is 57.4 Å². The maximum absolute atomic E-state index is 13.1. The molecule has 0 saturated carbocycles. The number of alkyl halides is 3. The molecule has 0 spiro atoms. The van der Waals surface area contributed by atoms with Gasteiger partial charge >= 0.3 is 6.18 Å². The van der Waals surface area contributed by atoms with Gasteiger partial charge in [0.25, 0.3) is 0 Å². The quantitative estimate of drug-likeness (QED) is 0.286. The topological polar surface area (TPSA) is 147 Å². The summed E-state index contributed by atoms with van der Waals surface area (Å²) in [5.74, 6) is 1.24. The van der Waals surface area contributed by atoms with E-state index in [2.05, 4.69) is 67.4 Å². The monoisotopic (exact) mass is 748 g/mol. The molecule has 17 heteroatoms. The third-order valence-corrected chi connectivity index (χ3v) is 12.9. The number of guanidine groups is 1. The van der Waals surface area contributed by atoms with Crippen LogP contribution in [0.4, 0.5) is 13.2 Å². The molecular formula is C34H47F3N10O2S2. The number of hydrogen-bond donors (Lipinski definition) is 4. The van der Waals surface area contributed by atoms with Crippen molar-refractivity contribution in [1.29, 1.82) is 5.26 Å². The summed E-state index contributed by atoms with van der Waals surface area (Å²) in [6, 6.07) is 8.55. The summed E-state index contributed by atoms with van der Waals surface area (Å²) in [7, 11) is -1.70. The third kappa shape index (κ3) is 8.36. The average Bonchev–Trinajstić information content (AvgIpc) is 3.65. The van der Waals surface area contributed by atoms with Crippen molar-refractivity contribution in [1.82, 2.24) is 34.6 Å². The van der Waals surface area contributed by atoms with Crippen LogP contribution in [0, 0.1) is 18.3 Å². The van der Waals surface area contributed by atoms with Crippen molar-refractivity contribution < 1.29 is 21.6 Å². The molecular weight excluding hydrogens is 702 g/mol. The summed E-state index contributed by atoms with van der Waals surface area (Å²) in [4.78, 5) is 9.17. The van der Waals surface area contributed by atoms with E-state index in [4.69, 9.17) is 5.73 Å². The van der Waals surface area contributed by atoms with Gasteiger partial charge in [0, 0.05) is 94.0 Å². The first kappa shape index (κ1) is 37.5. The minimum atomic E-state index is -4.26. The normalized spacial score (nSPS) is 24.3. The number of rotatable bonds is 10. The van der Waals surface area contributed by atoms with Gasteiger partial charge in [-0.3, -0.25) is 14.8 Å². The predicted octanol–water partition coefficient (Wildman–Crippen LogP) is 2.97. The molecule has 1 aromatic heterocycles. The largest absolute Gasteiger partial charge is 0.393 e. The summed E-state index contributed by atoms with van der Waals surface area (Å²) < 4.78 is 67.4. The lowest BCUT2D eigenvalue weighted by Crippen LogP contribution is -2.59. The van der Waals surface area contributed by atoms with Crippen LogP contribution in [0.15, 0.2) is 45.6 Å². The van der Waals surface area contributed by atoms with Gasteiger partial charge in [-0.1, -0.05) is 6.07 Å². The molecule has 2 fully saturated rings. The zero-order valence-electron chi connectivity index (χ0n) is 29.4. The van der Waals surface area contributed by atoms with Gasteiger partial charge in [-0.25, -0.2) is 8.42 Å². The Morgan fingerprint density at radius 2 is 1.96 bits per heavy atom. The highest BCUT2D eigenvalue weighted by Gasteiger charge is 2.38. The average molecular weight is 749 g/mol. The van der Waals surface area contributed by atoms with Crippen molar-refractivity contribution in [2.45, 2.75) is 75.9 Å². The fraction of sp³-hybridized carbons (Fsp3) is 0.588. The molecule has 4 aliphatic heterocycles. The van der Waals surface area contributed by atoms with Gasteiger partial charge in [-0.2, -0.15) is 22.7 Å². The second-order valence-electron chi connectivity index (χ2n) is 13.9. The van der Waals surface area contributed by atoms with Gasteiger partial charge in [-0.15, -0.1) is 11.8 Å². The maximum atomic E-state index is 13.1. The standard InChI is InChI=1S/C34H47F3N10O2S2/c1-21(45-11-12-47(51(4,48)49)26(17-39)20-45)18-46-25(16-38)13-28-22(2)23(5-6-30(28)46)19-44-9-7-24(8-10-44)41-31-29-14-27(15-34(35,36)37)50-32(29)43-33(40-3)42-31/h5-6,13-14,21,24,26,32,41H,7-12,15,17-20,39H2,1-4H3,(H2,40,42,43)/t21-,26?,32?/m0/s1. The first-order chi connectivity index (χ1) is 24.2. The molecule has 6 rings (SSSR count). The fourth-order valence-electron chi connectivity index (χ4n) is 7.62. The number of piperidine rings is 1. The van der Waals surface area contributed by atoms with E-state index in [-0.39, 0.29) is 34.9 Å². The highest BCUT2D eigenvalue weighted by molar-refractivity contribution is 8.04. The van der Waals surface area contributed by atoms with Crippen molar-refractivity contribution in [2.75, 3.05) is 52.6 Å². The van der Waals surface area contributed by atoms with Crippen LogP contribution in [-0.2, 0) is 23.1 Å². The second-order valence-corrected chi connectivity index (χ2v) is 17.1. The van der Waals surface area contributed by atoms with Gasteiger partial charge in [0.1, 0.15) is 23.0 Å². The number of sulfonamides is 1. The number of halogens is 3. The number of aliphatic imine (C=N–C) groups is 1. The van der Waals surface area contributed by atoms with Gasteiger partial charge in [0.15, 0.2) is 5.96 Å². The predicted molar refractivity (Wildman–Crippen MR) is 195 cm³/mol. The van der Waals surface area contributed by atoms with Crippen LogP contribution in [0.25, 0.3) is 10.9 Å². The molecule has 278 valence electrons. The number of nitriles is 1. The number of benzene rings is 1. The fourth-order valence-corrected chi connectivity index (χ4v) is 9.96. The van der Waals surface area contributed by atoms with Crippen LogP contribution in [0.5, 0.6) is 0 Å². The smallest absolute Gasteiger partial charge is 0.368 e. The second kappa shape index (κ2) is 15.0. The Bertz CT molecular complexity index is 1880. The molecule has 5 heterocycles. The number of allylic oxidation sites excluding steroid dienone is 1. The lowest BCUT2D eigenvalue weighted by Gasteiger charge is -2.42. The van der Waals surface area contributed by atoms with E-state index in [1.807, 2.05) is 6.07 Å². The van der Waals surface area contributed by atoms with Crippen LogP contribution in [-0.4, -0.2) is 115 Å². The molecule has 2 saturated heterocycles. The molecule has 0 amide bonds. The number of nitrogens with zero attached hydrogens (tertiary/aromatic N) is 6. The van der Waals surface area contributed by atoms with E-state index >= 15 is 0 Å². The number of fused-ring (bicyclic) bond motifs is 2. The number of aromatic nitrogens is 1. The highest BCUT2D eigenvalue weighted by Crippen LogP contribution is 2.42. The van der Waals surface area contributed by atoms with Gasteiger partial charge in [0.2, 0.25) is 10.0 Å². The molecule has 1 aromatic carbocycles. The lowest BCUT2D eigenvalue weighted by atomic mass is 10.0. The first-order valence-electron chi connectivity index (χ1n) is 17.3. The number of likely N-dealkylation sites (tertiary alicyclic amines) is 1. The van der Waals surface area contributed by atoms with Crippen LogP contribution < -0.4 is 21.7 Å². The lowest BCUT2D eigenvalue weighted by molar-refractivity contribution is -0.125. The minimum Gasteiger partial charge on any atom is -0.368 e. The Hall–Kier alpha value is -3.27. The maximum Gasteiger partial charge on any atom is 0.393 e. The van der Waals surface area contributed by atoms with E-state index < -0.39 is 22.6 Å². The molecule has 0 aliphatic carbocycles.